The molecule has 0 heterocycles. The fourth-order valence-corrected chi connectivity index (χ4v) is 1.19. The monoisotopic (exact) mass is 306 g/mol. The highest BCUT2D eigenvalue weighted by molar-refractivity contribution is 5.66. The van der Waals surface area contributed by atoms with E-state index in [-0.39, 0.29) is 6.09 Å². The molecule has 0 saturated heterocycles. The SMILES string of the molecule is CC.CCC.CNCCOC(=O)NCCCCCCNN. The van der Waals surface area contributed by atoms with E-state index in [1.54, 1.807) is 0 Å². The highest BCUT2D eigenvalue weighted by Gasteiger charge is 1.99. The van der Waals surface area contributed by atoms with Crippen LogP contribution in [0.15, 0.2) is 0 Å². The minimum atomic E-state index is -0.334. The number of nitrogens with one attached hydrogen (secondary N) is 3. The minimum Gasteiger partial charge on any atom is -0.448 e. The fourth-order valence-electron chi connectivity index (χ4n) is 1.19. The lowest BCUT2D eigenvalue weighted by atomic mass is 10.2. The highest BCUT2D eigenvalue weighted by Crippen LogP contribution is 1.97. The van der Waals surface area contributed by atoms with E-state index in [1.807, 2.05) is 20.9 Å². The van der Waals surface area contributed by atoms with Crippen LogP contribution in [-0.2, 0) is 4.74 Å². The molecule has 5 N–H and O–H groups in total. The zero-order chi connectivity index (χ0) is 16.8. The maximum atomic E-state index is 11.1. The van der Waals surface area contributed by atoms with E-state index in [1.165, 1.54) is 6.42 Å². The average molecular weight is 306 g/mol. The number of carbonyl (C=O) groups is 1. The second kappa shape index (κ2) is 27.5. The van der Waals surface area contributed by atoms with Crippen molar-refractivity contribution >= 4 is 6.09 Å². The molecule has 0 atom stereocenters. The highest BCUT2D eigenvalue weighted by atomic mass is 16.5. The van der Waals surface area contributed by atoms with Gasteiger partial charge in [0, 0.05) is 19.6 Å². The van der Waals surface area contributed by atoms with E-state index in [2.05, 4.69) is 29.9 Å². The molecule has 0 bridgehead atoms. The molecule has 0 radical (unpaired) electrons. The summed E-state index contributed by atoms with van der Waals surface area (Å²) in [6.45, 7) is 10.9. The number of hydrazine groups is 1. The van der Waals surface area contributed by atoms with Gasteiger partial charge < -0.3 is 15.4 Å². The number of alkyl carbamates (subject to hydrolysis) is 1. The summed E-state index contributed by atoms with van der Waals surface area (Å²) in [6.07, 6.45) is 5.19. The van der Waals surface area contributed by atoms with Crippen LogP contribution >= 0.6 is 0 Å². The van der Waals surface area contributed by atoms with Crippen LogP contribution in [0.4, 0.5) is 4.79 Å². The second-order valence-corrected chi connectivity index (χ2v) is 4.24. The molecule has 0 aromatic heterocycles. The van der Waals surface area contributed by atoms with Crippen LogP contribution in [0.1, 0.15) is 59.8 Å². The molecule has 0 aliphatic carbocycles. The van der Waals surface area contributed by atoms with Gasteiger partial charge in [-0.15, -0.1) is 0 Å². The summed E-state index contributed by atoms with van der Waals surface area (Å²) < 4.78 is 4.89. The number of carbonyl (C=O) groups excluding carboxylic acids is 1. The van der Waals surface area contributed by atoms with E-state index in [9.17, 15) is 4.79 Å². The van der Waals surface area contributed by atoms with Gasteiger partial charge in [0.25, 0.3) is 0 Å². The van der Waals surface area contributed by atoms with Gasteiger partial charge in [0.1, 0.15) is 6.61 Å². The van der Waals surface area contributed by atoms with E-state index in [0.717, 1.165) is 32.2 Å². The summed E-state index contributed by atoms with van der Waals surface area (Å²) in [5.41, 5.74) is 2.61. The average Bonchev–Trinajstić information content (AvgIpc) is 2.49. The Morgan fingerprint density at radius 3 is 2.00 bits per heavy atom. The van der Waals surface area contributed by atoms with Crippen molar-refractivity contribution in [1.82, 2.24) is 16.1 Å². The molecular weight excluding hydrogens is 268 g/mol. The van der Waals surface area contributed by atoms with Crippen molar-refractivity contribution in [3.63, 3.8) is 0 Å². The second-order valence-electron chi connectivity index (χ2n) is 4.24. The van der Waals surface area contributed by atoms with Crippen molar-refractivity contribution in [2.24, 2.45) is 5.84 Å². The van der Waals surface area contributed by atoms with Crippen molar-refractivity contribution in [3.8, 4) is 0 Å². The van der Waals surface area contributed by atoms with Crippen molar-refractivity contribution in [2.75, 3.05) is 33.3 Å². The quantitative estimate of drug-likeness (QED) is 0.283. The first-order chi connectivity index (χ1) is 10.2. The Labute approximate surface area is 131 Å². The number of hydrogen-bond donors (Lipinski definition) is 4. The zero-order valence-corrected chi connectivity index (χ0v) is 14.8. The molecule has 130 valence electrons. The van der Waals surface area contributed by atoms with E-state index in [4.69, 9.17) is 10.6 Å². The molecule has 0 fully saturated rings. The van der Waals surface area contributed by atoms with Crippen LogP contribution in [-0.4, -0.2) is 39.4 Å². The number of rotatable bonds is 10. The van der Waals surface area contributed by atoms with Gasteiger partial charge in [0.2, 0.25) is 0 Å². The first-order valence-electron chi connectivity index (χ1n) is 8.21. The molecule has 0 spiro atoms. The fraction of sp³-hybridized carbons (Fsp3) is 0.933. The summed E-state index contributed by atoms with van der Waals surface area (Å²) in [5.74, 6) is 5.14. The standard InChI is InChI=1S/C10H24N4O2.C3H8.C2H6/c1-12-8-9-16-10(15)13-6-4-2-3-5-7-14-11;1-3-2;1-2/h12,14H,2-9,11H2,1H3,(H,13,15);3H2,1-2H3;1-2H3. The molecule has 6 heteroatoms. The Kier molecular flexibility index (Phi) is 32.9. The minimum absolute atomic E-state index is 0.334. The topological polar surface area (TPSA) is 88.4 Å². The molecule has 21 heavy (non-hydrogen) atoms. The third-order valence-corrected chi connectivity index (χ3v) is 2.10. The Morgan fingerprint density at radius 1 is 1.00 bits per heavy atom. The summed E-state index contributed by atoms with van der Waals surface area (Å²) in [4.78, 5) is 11.1. The van der Waals surface area contributed by atoms with Crippen molar-refractivity contribution in [1.29, 1.82) is 0 Å². The summed E-state index contributed by atoms with van der Waals surface area (Å²) >= 11 is 0. The van der Waals surface area contributed by atoms with Crippen LogP contribution in [0.2, 0.25) is 0 Å². The number of unbranched alkanes of at least 4 members (excludes halogenated alkanes) is 3. The van der Waals surface area contributed by atoms with Gasteiger partial charge in [-0.1, -0.05) is 47.0 Å². The number of nitrogens with two attached hydrogens (primary N) is 1. The molecule has 6 nitrogen and oxygen atoms in total. The maximum absolute atomic E-state index is 11.1. The van der Waals surface area contributed by atoms with Crippen LogP contribution in [0, 0.1) is 0 Å². The van der Waals surface area contributed by atoms with Gasteiger partial charge in [-0.05, 0) is 19.9 Å². The summed E-state index contributed by atoms with van der Waals surface area (Å²) in [7, 11) is 1.82. The van der Waals surface area contributed by atoms with Gasteiger partial charge in [-0.25, -0.2) is 4.79 Å². The Bertz CT molecular complexity index is 181. The zero-order valence-electron chi connectivity index (χ0n) is 14.8. The van der Waals surface area contributed by atoms with Crippen LogP contribution in [0.25, 0.3) is 0 Å². The normalized spacial score (nSPS) is 8.86. The number of ether oxygens (including phenoxy) is 1. The Morgan fingerprint density at radius 2 is 1.52 bits per heavy atom. The molecule has 0 aliphatic heterocycles. The lowest BCUT2D eigenvalue weighted by Gasteiger charge is -2.06. The molecular formula is C15H38N4O2. The molecule has 1 amide bonds. The van der Waals surface area contributed by atoms with Crippen molar-refractivity contribution in [2.45, 2.75) is 59.8 Å². The Hall–Kier alpha value is -0.850. The molecule has 0 rings (SSSR count). The maximum Gasteiger partial charge on any atom is 0.407 e. The van der Waals surface area contributed by atoms with E-state index < -0.39 is 0 Å². The van der Waals surface area contributed by atoms with E-state index >= 15 is 0 Å². The van der Waals surface area contributed by atoms with Gasteiger partial charge in [-0.3, -0.25) is 11.3 Å². The lowest BCUT2D eigenvalue weighted by Crippen LogP contribution is -2.28. The molecule has 0 aliphatic rings. The van der Waals surface area contributed by atoms with Gasteiger partial charge >= 0.3 is 6.09 Å². The number of amides is 1. The van der Waals surface area contributed by atoms with Gasteiger partial charge in [-0.2, -0.15) is 0 Å². The van der Waals surface area contributed by atoms with Gasteiger partial charge in [0.15, 0.2) is 0 Å². The van der Waals surface area contributed by atoms with Crippen LogP contribution < -0.4 is 21.9 Å². The first kappa shape index (κ1) is 25.1. The van der Waals surface area contributed by atoms with Crippen LogP contribution in [0.3, 0.4) is 0 Å². The molecule has 0 saturated carbocycles. The third-order valence-electron chi connectivity index (χ3n) is 2.10. The largest absolute Gasteiger partial charge is 0.448 e. The summed E-state index contributed by atoms with van der Waals surface area (Å²) in [6, 6.07) is 0. The smallest absolute Gasteiger partial charge is 0.407 e. The lowest BCUT2D eigenvalue weighted by molar-refractivity contribution is 0.147. The Balaban J connectivity index is -0.000000569. The third kappa shape index (κ3) is 32.6. The molecule has 0 unspecified atom stereocenters. The van der Waals surface area contributed by atoms with Gasteiger partial charge in [0.05, 0.1) is 0 Å². The van der Waals surface area contributed by atoms with Crippen molar-refractivity contribution in [3.05, 3.63) is 0 Å². The summed E-state index contributed by atoms with van der Waals surface area (Å²) in [5, 5.41) is 5.60. The molecule has 0 aromatic carbocycles. The molecule has 0 aromatic rings. The van der Waals surface area contributed by atoms with Crippen molar-refractivity contribution < 1.29 is 9.53 Å². The predicted octanol–water partition coefficient (Wildman–Crippen LogP) is 2.40. The van der Waals surface area contributed by atoms with E-state index in [0.29, 0.717) is 19.7 Å². The first-order valence-corrected chi connectivity index (χ1v) is 8.21. The number of hydrogen-bond acceptors (Lipinski definition) is 5. The van der Waals surface area contributed by atoms with Crippen LogP contribution in [0.5, 0.6) is 0 Å². The number of likely N-dealkylation sites (N-methyl/N-ethyl adjacent to an activating group) is 1. The predicted molar refractivity (Wildman–Crippen MR) is 91.2 cm³/mol.